The molecule has 0 saturated carbocycles. The van der Waals surface area contributed by atoms with Crippen molar-refractivity contribution in [2.45, 2.75) is 20.0 Å². The van der Waals surface area contributed by atoms with E-state index in [2.05, 4.69) is 43.3 Å². The summed E-state index contributed by atoms with van der Waals surface area (Å²) in [5.41, 5.74) is 1.80. The molecule has 0 bridgehead atoms. The Hall–Kier alpha value is -0.990. The van der Waals surface area contributed by atoms with Gasteiger partial charge < -0.3 is 14.2 Å². The molecule has 0 aliphatic rings. The van der Waals surface area contributed by atoms with Crippen LogP contribution in [0.3, 0.4) is 0 Å². The summed E-state index contributed by atoms with van der Waals surface area (Å²) >= 11 is 11.9. The third-order valence-electron chi connectivity index (χ3n) is 3.29. The maximum atomic E-state index is 11.4. The number of benzene rings is 2. The largest absolute Gasteiger partial charge is 0.513 e. The molecule has 0 radical (unpaired) electrons. The van der Waals surface area contributed by atoms with Crippen molar-refractivity contribution in [3.05, 3.63) is 54.5 Å². The van der Waals surface area contributed by atoms with Crippen molar-refractivity contribution in [3.63, 3.8) is 0 Å². The molecule has 2 aromatic rings. The maximum absolute atomic E-state index is 11.4. The molecule has 0 aliphatic carbocycles. The summed E-state index contributed by atoms with van der Waals surface area (Å²) in [6.07, 6.45) is 0.0700. The Morgan fingerprint density at radius 3 is 2.71 bits per heavy atom. The third kappa shape index (κ3) is 4.77. The van der Waals surface area contributed by atoms with Crippen LogP contribution in [0.2, 0.25) is 5.02 Å². The zero-order chi connectivity index (χ0) is 17.7. The third-order valence-corrected chi connectivity index (χ3v) is 5.27. The number of methoxy groups -OCH3 is 1. The average molecular weight is 526 g/mol. The summed E-state index contributed by atoms with van der Waals surface area (Å²) in [7, 11) is 1.26. The molecule has 0 aromatic heterocycles. The van der Waals surface area contributed by atoms with E-state index >= 15 is 0 Å². The van der Waals surface area contributed by atoms with Gasteiger partial charge in [0.1, 0.15) is 18.1 Å². The molecule has 128 valence electrons. The van der Waals surface area contributed by atoms with Crippen molar-refractivity contribution in [2.75, 3.05) is 7.11 Å². The van der Waals surface area contributed by atoms with Crippen molar-refractivity contribution in [2.24, 2.45) is 0 Å². The van der Waals surface area contributed by atoms with Crippen LogP contribution in [0.4, 0.5) is 4.79 Å². The summed E-state index contributed by atoms with van der Waals surface area (Å²) < 4.78 is 17.3. The molecule has 7 heteroatoms. The lowest BCUT2D eigenvalue weighted by molar-refractivity contribution is 0.120. The van der Waals surface area contributed by atoms with Gasteiger partial charge in [-0.15, -0.1) is 0 Å². The number of rotatable bonds is 5. The molecule has 0 unspecified atom stereocenters. The van der Waals surface area contributed by atoms with E-state index in [0.717, 1.165) is 25.6 Å². The number of hydrogen-bond acceptors (Lipinski definition) is 4. The standard InChI is InChI=1S/C17H15BrClIO4/c1-3-10-7-12(18)16(8-13(10)19)23-9-11-14(20)5-4-6-15(11)24-17(21)22-2/h4-8H,3,9H2,1-2H3. The van der Waals surface area contributed by atoms with E-state index in [1.807, 2.05) is 19.1 Å². The van der Waals surface area contributed by atoms with Gasteiger partial charge in [0.05, 0.1) is 11.6 Å². The Morgan fingerprint density at radius 1 is 1.29 bits per heavy atom. The van der Waals surface area contributed by atoms with E-state index in [4.69, 9.17) is 21.1 Å². The smallest absolute Gasteiger partial charge is 0.487 e. The lowest BCUT2D eigenvalue weighted by atomic mass is 10.1. The fourth-order valence-electron chi connectivity index (χ4n) is 2.01. The fraction of sp³-hybridized carbons (Fsp3) is 0.235. The topological polar surface area (TPSA) is 44.8 Å². The number of ether oxygens (including phenoxy) is 3. The van der Waals surface area contributed by atoms with Gasteiger partial charge in [0.15, 0.2) is 0 Å². The van der Waals surface area contributed by atoms with E-state index < -0.39 is 6.16 Å². The molecule has 0 N–H and O–H groups in total. The summed E-state index contributed by atoms with van der Waals surface area (Å²) in [5, 5.41) is 0.657. The van der Waals surface area contributed by atoms with E-state index in [-0.39, 0.29) is 6.61 Å². The van der Waals surface area contributed by atoms with Crippen LogP contribution in [-0.2, 0) is 17.8 Å². The highest BCUT2D eigenvalue weighted by Crippen LogP contribution is 2.33. The Kier molecular flexibility index (Phi) is 7.18. The normalized spacial score (nSPS) is 10.4. The number of carbonyl (C=O) groups is 1. The van der Waals surface area contributed by atoms with Gasteiger partial charge in [-0.2, -0.15) is 0 Å². The lowest BCUT2D eigenvalue weighted by Crippen LogP contribution is -2.10. The van der Waals surface area contributed by atoms with Gasteiger partial charge in [-0.1, -0.05) is 24.6 Å². The maximum Gasteiger partial charge on any atom is 0.513 e. The van der Waals surface area contributed by atoms with Gasteiger partial charge in [-0.3, -0.25) is 0 Å². The summed E-state index contributed by atoms with van der Waals surface area (Å²) in [6, 6.07) is 9.12. The predicted octanol–water partition coefficient (Wildman–Crippen LogP) is 5.99. The molecule has 0 saturated heterocycles. The van der Waals surface area contributed by atoms with E-state index in [1.165, 1.54) is 7.11 Å². The molecule has 0 aliphatic heterocycles. The summed E-state index contributed by atoms with van der Waals surface area (Å²) in [6.45, 7) is 2.27. The highest BCUT2D eigenvalue weighted by molar-refractivity contribution is 14.1. The van der Waals surface area contributed by atoms with Gasteiger partial charge in [0, 0.05) is 20.2 Å². The zero-order valence-electron chi connectivity index (χ0n) is 13.1. The first-order valence-corrected chi connectivity index (χ1v) is 9.35. The summed E-state index contributed by atoms with van der Waals surface area (Å²) in [5.74, 6) is 1.03. The van der Waals surface area contributed by atoms with Crippen LogP contribution >= 0.6 is 50.1 Å². The van der Waals surface area contributed by atoms with E-state index in [9.17, 15) is 4.79 Å². The Bertz CT molecular complexity index is 752. The zero-order valence-corrected chi connectivity index (χ0v) is 17.6. The SMILES string of the molecule is CCc1cc(Br)c(OCc2c(I)cccc2OC(=O)OC)cc1Cl. The molecule has 4 nitrogen and oxygen atoms in total. The number of aryl methyl sites for hydroxylation is 1. The molecule has 2 aromatic carbocycles. The second-order valence-corrected chi connectivity index (χ2v) is 7.21. The van der Waals surface area contributed by atoms with Crippen LogP contribution in [0.1, 0.15) is 18.1 Å². The molecule has 0 spiro atoms. The second-order valence-electron chi connectivity index (χ2n) is 4.79. The Balaban J connectivity index is 2.23. The van der Waals surface area contributed by atoms with E-state index in [0.29, 0.717) is 16.5 Å². The fourth-order valence-corrected chi connectivity index (χ4v) is 3.43. The first-order valence-electron chi connectivity index (χ1n) is 7.10. The first kappa shape index (κ1) is 19.3. The monoisotopic (exact) mass is 524 g/mol. The molecule has 0 atom stereocenters. The van der Waals surface area contributed by atoms with Gasteiger partial charge in [0.2, 0.25) is 0 Å². The van der Waals surface area contributed by atoms with Crippen molar-refractivity contribution in [3.8, 4) is 11.5 Å². The highest BCUT2D eigenvalue weighted by Gasteiger charge is 2.14. The second kappa shape index (κ2) is 8.92. The van der Waals surface area contributed by atoms with Crippen LogP contribution in [-0.4, -0.2) is 13.3 Å². The van der Waals surface area contributed by atoms with Gasteiger partial charge in [0.25, 0.3) is 0 Å². The van der Waals surface area contributed by atoms with Crippen molar-refractivity contribution in [1.82, 2.24) is 0 Å². The predicted molar refractivity (Wildman–Crippen MR) is 105 cm³/mol. The minimum absolute atomic E-state index is 0.228. The highest BCUT2D eigenvalue weighted by atomic mass is 127. The van der Waals surface area contributed by atoms with Crippen LogP contribution in [0.15, 0.2) is 34.8 Å². The molecule has 24 heavy (non-hydrogen) atoms. The summed E-state index contributed by atoms with van der Waals surface area (Å²) in [4.78, 5) is 11.4. The molecule has 0 amide bonds. The van der Waals surface area contributed by atoms with Gasteiger partial charge >= 0.3 is 6.16 Å². The van der Waals surface area contributed by atoms with Crippen LogP contribution in [0, 0.1) is 3.57 Å². The van der Waals surface area contributed by atoms with Crippen LogP contribution in [0.25, 0.3) is 0 Å². The van der Waals surface area contributed by atoms with Crippen LogP contribution in [0.5, 0.6) is 11.5 Å². The average Bonchev–Trinajstić information content (AvgIpc) is 2.56. The quantitative estimate of drug-likeness (QED) is 0.273. The van der Waals surface area contributed by atoms with Crippen molar-refractivity contribution >= 4 is 56.3 Å². The minimum atomic E-state index is -0.769. The minimum Gasteiger partial charge on any atom is -0.487 e. The van der Waals surface area contributed by atoms with Gasteiger partial charge in [-0.25, -0.2) is 4.79 Å². The number of carbonyl (C=O) groups excluding carboxylic acids is 1. The van der Waals surface area contributed by atoms with Crippen molar-refractivity contribution < 1.29 is 19.0 Å². The van der Waals surface area contributed by atoms with Crippen molar-refractivity contribution in [1.29, 1.82) is 0 Å². The molecular weight excluding hydrogens is 510 g/mol. The molecule has 0 heterocycles. The molecular formula is C17H15BrClIO4. The molecule has 0 fully saturated rings. The number of hydrogen-bond donors (Lipinski definition) is 0. The van der Waals surface area contributed by atoms with Crippen LogP contribution < -0.4 is 9.47 Å². The Morgan fingerprint density at radius 2 is 2.04 bits per heavy atom. The lowest BCUT2D eigenvalue weighted by Gasteiger charge is -2.14. The first-order chi connectivity index (χ1) is 11.5. The van der Waals surface area contributed by atoms with Gasteiger partial charge in [-0.05, 0) is 68.7 Å². The Labute approximate surface area is 167 Å². The number of halogens is 3. The van der Waals surface area contributed by atoms with E-state index in [1.54, 1.807) is 18.2 Å². The molecule has 2 rings (SSSR count).